The van der Waals surface area contributed by atoms with E-state index in [1.807, 2.05) is 0 Å². The van der Waals surface area contributed by atoms with Crippen LogP contribution in [-0.2, 0) is 16.1 Å². The normalized spacial score (nSPS) is 12.0. The van der Waals surface area contributed by atoms with Gasteiger partial charge >= 0.3 is 86.5 Å². The molecule has 0 aromatic carbocycles. The molecule has 0 saturated carbocycles. The van der Waals surface area contributed by atoms with E-state index in [0.29, 0.717) is 0 Å². The quantitative estimate of drug-likeness (QED) is 0.595. The molecule has 0 aromatic rings. The van der Waals surface area contributed by atoms with Crippen molar-refractivity contribution in [2.24, 2.45) is 0 Å². The van der Waals surface area contributed by atoms with Crippen LogP contribution in [0.3, 0.4) is 0 Å². The molecular weight excluding hydrogens is 326 g/mol. The Labute approximate surface area is 85.6 Å². The second-order valence-electron chi connectivity index (χ2n) is 3.40. The van der Waals surface area contributed by atoms with Crippen molar-refractivity contribution >= 4 is 18.0 Å². The SMILES string of the molecule is CC[CH2][Zr]([I])([CH2]CC)[CH2]CC. The van der Waals surface area contributed by atoms with Crippen LogP contribution < -0.4 is 0 Å². The Kier molecular flexibility index (Phi) is 8.09. The molecule has 11 heavy (non-hydrogen) atoms. The van der Waals surface area contributed by atoms with E-state index in [0.717, 1.165) is 0 Å². The molecule has 0 aromatic heterocycles. The zero-order valence-electron chi connectivity index (χ0n) is 8.12. The Morgan fingerprint density at radius 3 is 1.27 bits per heavy atom. The first-order valence-electron chi connectivity index (χ1n) is 4.87. The second kappa shape index (κ2) is 7.06. The number of hydrogen-bond donors (Lipinski definition) is 0. The monoisotopic (exact) mass is 346 g/mol. The topological polar surface area (TPSA) is 0 Å². The minimum absolute atomic E-state index is 1.43. The van der Waals surface area contributed by atoms with Gasteiger partial charge in [0, 0.05) is 0 Å². The van der Waals surface area contributed by atoms with Gasteiger partial charge in [0.05, 0.1) is 0 Å². The van der Waals surface area contributed by atoms with E-state index in [4.69, 9.17) is 0 Å². The summed E-state index contributed by atoms with van der Waals surface area (Å²) in [5.74, 6) is 0. The molecule has 68 valence electrons. The predicted molar refractivity (Wildman–Crippen MR) is 59.3 cm³/mol. The molecule has 0 rings (SSSR count). The number of halogens is 1. The van der Waals surface area contributed by atoms with Gasteiger partial charge in [0.2, 0.25) is 0 Å². The first kappa shape index (κ1) is 12.6. The summed E-state index contributed by atoms with van der Waals surface area (Å²) in [7, 11) is 0. The van der Waals surface area contributed by atoms with E-state index in [-0.39, 0.29) is 0 Å². The molecule has 0 aliphatic heterocycles. The zero-order chi connectivity index (χ0) is 8.74. The van der Waals surface area contributed by atoms with Crippen molar-refractivity contribution in [1.29, 1.82) is 0 Å². The van der Waals surface area contributed by atoms with E-state index >= 15 is 0 Å². The van der Waals surface area contributed by atoms with Crippen LogP contribution in [0.4, 0.5) is 0 Å². The van der Waals surface area contributed by atoms with Crippen molar-refractivity contribution in [3.05, 3.63) is 0 Å². The summed E-state index contributed by atoms with van der Waals surface area (Å²) in [6, 6.07) is 0. The van der Waals surface area contributed by atoms with Gasteiger partial charge in [0.25, 0.3) is 0 Å². The molecule has 0 aliphatic rings. The summed E-state index contributed by atoms with van der Waals surface area (Å²) < 4.78 is 4.82. The fourth-order valence-electron chi connectivity index (χ4n) is 1.72. The van der Waals surface area contributed by atoms with Crippen LogP contribution in [-0.4, -0.2) is 0 Å². The number of rotatable bonds is 6. The molecule has 2 heteroatoms. The summed E-state index contributed by atoms with van der Waals surface area (Å²) in [4.78, 5) is 0. The van der Waals surface area contributed by atoms with Crippen molar-refractivity contribution in [3.8, 4) is 0 Å². The van der Waals surface area contributed by atoms with Crippen LogP contribution >= 0.6 is 18.0 Å². The third-order valence-electron chi connectivity index (χ3n) is 2.09. The predicted octanol–water partition coefficient (Wildman–Crippen LogP) is 4.98. The summed E-state index contributed by atoms with van der Waals surface area (Å²) in [5, 5.41) is 0. The van der Waals surface area contributed by atoms with Crippen molar-refractivity contribution in [2.45, 2.75) is 52.4 Å². The molecule has 0 fully saturated rings. The maximum absolute atomic E-state index is 2.88. The standard InChI is InChI=1S/3C3H7.HI.Zr/c3*1-3-2;;/h3*1,3H2,2H3;1H;/q;;;;+1/p-1. The molecule has 0 unspecified atom stereocenters. The third kappa shape index (κ3) is 5.79. The summed E-state index contributed by atoms with van der Waals surface area (Å²) in [5.41, 5.74) is 0. The molecule has 0 bridgehead atoms. The fourth-order valence-corrected chi connectivity index (χ4v) is 19.7. The molecule has 0 nitrogen and oxygen atoms in total. The fraction of sp³-hybridized carbons (Fsp3) is 1.00. The molecule has 0 aliphatic carbocycles. The second-order valence-corrected chi connectivity index (χ2v) is 26.3. The van der Waals surface area contributed by atoms with Crippen LogP contribution in [0, 0.1) is 0 Å². The van der Waals surface area contributed by atoms with E-state index in [1.54, 1.807) is 12.4 Å². The van der Waals surface area contributed by atoms with Gasteiger partial charge in [-0.1, -0.05) is 0 Å². The summed E-state index contributed by atoms with van der Waals surface area (Å²) in [6.07, 6.45) is 4.29. The van der Waals surface area contributed by atoms with E-state index in [1.165, 1.54) is 19.3 Å². The zero-order valence-corrected chi connectivity index (χ0v) is 12.7. The molecule has 0 spiro atoms. The van der Waals surface area contributed by atoms with Crippen LogP contribution in [0.5, 0.6) is 0 Å². The molecule has 0 saturated heterocycles. The molecule has 0 atom stereocenters. The molecule has 0 N–H and O–H groups in total. The van der Waals surface area contributed by atoms with Gasteiger partial charge in [-0.15, -0.1) is 0 Å². The van der Waals surface area contributed by atoms with Gasteiger partial charge in [0.1, 0.15) is 0 Å². The summed E-state index contributed by atoms with van der Waals surface area (Å²) in [6.45, 7) is 7.03. The van der Waals surface area contributed by atoms with Crippen LogP contribution in [0.1, 0.15) is 40.0 Å². The Morgan fingerprint density at radius 1 is 0.818 bits per heavy atom. The van der Waals surface area contributed by atoms with Crippen molar-refractivity contribution in [2.75, 3.05) is 0 Å². The minimum atomic E-state index is -1.50. The first-order valence-corrected chi connectivity index (χ1v) is 17.4. The third-order valence-corrected chi connectivity index (χ3v) is 22.0. The van der Waals surface area contributed by atoms with Crippen molar-refractivity contribution in [3.63, 3.8) is 0 Å². The van der Waals surface area contributed by atoms with Gasteiger partial charge in [-0.25, -0.2) is 0 Å². The Morgan fingerprint density at radius 2 is 1.09 bits per heavy atom. The average molecular weight is 347 g/mol. The van der Waals surface area contributed by atoms with Gasteiger partial charge in [-0.05, 0) is 0 Å². The van der Waals surface area contributed by atoms with Crippen molar-refractivity contribution < 1.29 is 16.1 Å². The first-order chi connectivity index (χ1) is 5.18. The Bertz CT molecular complexity index is 76.5. The van der Waals surface area contributed by atoms with Crippen LogP contribution in [0.2, 0.25) is 12.4 Å². The van der Waals surface area contributed by atoms with Gasteiger partial charge in [-0.3, -0.25) is 0 Å². The van der Waals surface area contributed by atoms with E-state index in [9.17, 15) is 0 Å². The van der Waals surface area contributed by atoms with E-state index < -0.39 is 16.1 Å². The van der Waals surface area contributed by atoms with Crippen LogP contribution in [0.25, 0.3) is 0 Å². The van der Waals surface area contributed by atoms with Gasteiger partial charge in [0.15, 0.2) is 0 Å². The number of hydrogen-bond acceptors (Lipinski definition) is 0. The Balaban J connectivity index is 3.79. The van der Waals surface area contributed by atoms with Crippen LogP contribution in [0.15, 0.2) is 0 Å². The van der Waals surface area contributed by atoms with Gasteiger partial charge in [-0.2, -0.15) is 0 Å². The summed E-state index contributed by atoms with van der Waals surface area (Å²) >= 11 is 1.39. The molecule has 0 heterocycles. The Hall–Kier alpha value is 1.61. The van der Waals surface area contributed by atoms with Gasteiger partial charge < -0.3 is 0 Å². The van der Waals surface area contributed by atoms with E-state index in [2.05, 4.69) is 38.8 Å². The molecular formula is C9H21IZr. The molecule has 0 amide bonds. The average Bonchev–Trinajstić information content (AvgIpc) is 1.88. The maximum atomic E-state index is 2.88. The molecule has 0 radical (unpaired) electrons. The van der Waals surface area contributed by atoms with Crippen molar-refractivity contribution in [1.82, 2.24) is 0 Å².